The second-order valence-corrected chi connectivity index (χ2v) is 5.99. The fourth-order valence-corrected chi connectivity index (χ4v) is 2.08. The fraction of sp³-hybridized carbons (Fsp3) is 0.538. The van der Waals surface area contributed by atoms with Gasteiger partial charge < -0.3 is 13.3 Å². The van der Waals surface area contributed by atoms with Gasteiger partial charge in [0.1, 0.15) is 0 Å². The van der Waals surface area contributed by atoms with E-state index < -0.39 is 8.80 Å². The van der Waals surface area contributed by atoms with E-state index in [1.807, 2.05) is 24.8 Å². The Balaban J connectivity index is 4.38. The third-order valence-corrected chi connectivity index (χ3v) is 3.53. The van der Waals surface area contributed by atoms with Crippen LogP contribution in [0.1, 0.15) is 40.0 Å². The molecule has 0 aromatic rings. The van der Waals surface area contributed by atoms with Crippen molar-refractivity contribution in [3.05, 3.63) is 37.0 Å². The maximum atomic E-state index is 5.57. The monoisotopic (exact) mass is 256 g/mol. The molecule has 98 valence electrons. The van der Waals surface area contributed by atoms with Crippen molar-refractivity contribution in [2.75, 3.05) is 0 Å². The summed E-state index contributed by atoms with van der Waals surface area (Å²) in [5.41, 5.74) is 0. The Kier molecular flexibility index (Phi) is 9.34. The Labute approximate surface area is 106 Å². The van der Waals surface area contributed by atoms with Gasteiger partial charge in [-0.25, -0.2) is 0 Å². The van der Waals surface area contributed by atoms with E-state index in [1.54, 1.807) is 18.8 Å². The van der Waals surface area contributed by atoms with Crippen LogP contribution >= 0.6 is 0 Å². The molecule has 0 N–H and O–H groups in total. The molecule has 0 bridgehead atoms. The predicted molar refractivity (Wildman–Crippen MR) is 73.2 cm³/mol. The lowest BCUT2D eigenvalue weighted by atomic mass is 10.5. The first-order valence-corrected chi connectivity index (χ1v) is 8.39. The van der Waals surface area contributed by atoms with Gasteiger partial charge in [0.2, 0.25) is 0 Å². The van der Waals surface area contributed by atoms with E-state index in [0.717, 1.165) is 19.3 Å². The van der Waals surface area contributed by atoms with Gasteiger partial charge in [-0.15, -0.1) is 0 Å². The first-order chi connectivity index (χ1) is 8.18. The summed E-state index contributed by atoms with van der Waals surface area (Å²) >= 11 is 0. The highest BCUT2D eigenvalue weighted by molar-refractivity contribution is 6.59. The van der Waals surface area contributed by atoms with Crippen molar-refractivity contribution in [3.63, 3.8) is 0 Å². The minimum atomic E-state index is -2.62. The molecule has 0 rings (SSSR count). The topological polar surface area (TPSA) is 27.7 Å². The summed E-state index contributed by atoms with van der Waals surface area (Å²) in [5.74, 6) is 0. The minimum Gasteiger partial charge on any atom is -0.491 e. The van der Waals surface area contributed by atoms with Crippen molar-refractivity contribution in [2.45, 2.75) is 46.6 Å². The molecule has 0 aromatic heterocycles. The molecule has 4 heteroatoms. The van der Waals surface area contributed by atoms with Gasteiger partial charge in [0.05, 0.1) is 18.8 Å². The van der Waals surface area contributed by atoms with E-state index in [4.69, 9.17) is 13.3 Å². The van der Waals surface area contributed by atoms with Crippen LogP contribution in [0.2, 0.25) is 6.55 Å². The molecule has 0 fully saturated rings. The first kappa shape index (κ1) is 15.8. The molecule has 0 aliphatic carbocycles. The quantitative estimate of drug-likeness (QED) is 0.453. The summed E-state index contributed by atoms with van der Waals surface area (Å²) in [6, 6.07) is 0. The van der Waals surface area contributed by atoms with Crippen molar-refractivity contribution in [1.82, 2.24) is 0 Å². The van der Waals surface area contributed by atoms with Crippen molar-refractivity contribution in [1.29, 1.82) is 0 Å². The number of hydrogen-bond acceptors (Lipinski definition) is 3. The summed E-state index contributed by atoms with van der Waals surface area (Å²) in [6.07, 6.45) is 13.6. The molecule has 0 aliphatic heterocycles. The molecule has 17 heavy (non-hydrogen) atoms. The Morgan fingerprint density at radius 1 is 0.706 bits per heavy atom. The molecular formula is C13H24O3Si. The van der Waals surface area contributed by atoms with Gasteiger partial charge in [0.25, 0.3) is 0 Å². The summed E-state index contributed by atoms with van der Waals surface area (Å²) in [7, 11) is -2.62. The second kappa shape index (κ2) is 10.0. The number of rotatable bonds is 9. The van der Waals surface area contributed by atoms with E-state index in [-0.39, 0.29) is 0 Å². The zero-order valence-electron chi connectivity index (χ0n) is 11.3. The van der Waals surface area contributed by atoms with Gasteiger partial charge in [-0.05, 0) is 19.3 Å². The highest BCUT2D eigenvalue weighted by Gasteiger charge is 2.38. The lowest BCUT2D eigenvalue weighted by Gasteiger charge is -2.21. The summed E-state index contributed by atoms with van der Waals surface area (Å²) < 4.78 is 16.7. The zero-order valence-corrected chi connectivity index (χ0v) is 12.3. The van der Waals surface area contributed by atoms with Crippen LogP contribution in [0.25, 0.3) is 0 Å². The Morgan fingerprint density at radius 3 is 1.24 bits per heavy atom. The number of allylic oxidation sites excluding steroid dienone is 3. The third kappa shape index (κ3) is 8.62. The van der Waals surface area contributed by atoms with Gasteiger partial charge in [-0.3, -0.25) is 0 Å². The molecule has 0 spiro atoms. The van der Waals surface area contributed by atoms with Crippen LogP contribution in [0.5, 0.6) is 0 Å². The van der Waals surface area contributed by atoms with Crippen LogP contribution in [0.3, 0.4) is 0 Å². The van der Waals surface area contributed by atoms with E-state index in [9.17, 15) is 0 Å². The molecule has 0 aliphatic rings. The Bertz CT molecular complexity index is 219. The molecule has 0 saturated carbocycles. The molecule has 0 aromatic carbocycles. The first-order valence-electron chi connectivity index (χ1n) is 6.17. The van der Waals surface area contributed by atoms with Gasteiger partial charge in [-0.2, -0.15) is 0 Å². The summed E-state index contributed by atoms with van der Waals surface area (Å²) in [6.45, 7) is 8.02. The average Bonchev–Trinajstić information content (AvgIpc) is 2.30. The second-order valence-electron chi connectivity index (χ2n) is 3.56. The van der Waals surface area contributed by atoms with Crippen LogP contribution in [-0.2, 0) is 13.3 Å². The lowest BCUT2D eigenvalue weighted by molar-refractivity contribution is 0.188. The molecule has 0 amide bonds. The van der Waals surface area contributed by atoms with Crippen LogP contribution in [0.15, 0.2) is 37.0 Å². The third-order valence-electron chi connectivity index (χ3n) is 1.84. The maximum Gasteiger partial charge on any atom is 0.694 e. The van der Waals surface area contributed by atoms with Gasteiger partial charge in [0.15, 0.2) is 0 Å². The molecular weight excluding hydrogens is 232 g/mol. The molecule has 3 nitrogen and oxygen atoms in total. The molecule has 0 unspecified atom stereocenters. The average molecular weight is 256 g/mol. The van der Waals surface area contributed by atoms with E-state index >= 15 is 0 Å². The van der Waals surface area contributed by atoms with Gasteiger partial charge >= 0.3 is 8.80 Å². The Morgan fingerprint density at radius 2 is 1.00 bits per heavy atom. The largest absolute Gasteiger partial charge is 0.694 e. The summed E-state index contributed by atoms with van der Waals surface area (Å²) in [4.78, 5) is 0. The molecule has 0 saturated heterocycles. The summed E-state index contributed by atoms with van der Waals surface area (Å²) in [5, 5.41) is 0. The normalized spacial score (nSPS) is 15.5. The minimum absolute atomic E-state index is 0.931. The van der Waals surface area contributed by atoms with Crippen molar-refractivity contribution in [3.8, 4) is 0 Å². The predicted octanol–water partition coefficient (Wildman–Crippen LogP) is 4.38. The molecule has 0 atom stereocenters. The van der Waals surface area contributed by atoms with Crippen molar-refractivity contribution >= 4 is 8.80 Å². The van der Waals surface area contributed by atoms with E-state index in [2.05, 4.69) is 20.8 Å². The van der Waals surface area contributed by atoms with Crippen molar-refractivity contribution in [2.24, 2.45) is 0 Å². The van der Waals surface area contributed by atoms with E-state index in [1.165, 1.54) is 0 Å². The Hall–Kier alpha value is -1.16. The van der Waals surface area contributed by atoms with E-state index in [0.29, 0.717) is 0 Å². The number of hydrogen-bond donors (Lipinski definition) is 0. The van der Waals surface area contributed by atoms with Gasteiger partial charge in [-0.1, -0.05) is 39.0 Å². The standard InChI is InChI=1S/C13H24O3Si/c1-5-8-11-14-17(4,15-12-9-6-2)16-13-10-7-3/h8-13H,5-7H2,1-4H3. The van der Waals surface area contributed by atoms with Crippen LogP contribution in [0, 0.1) is 0 Å². The smallest absolute Gasteiger partial charge is 0.491 e. The zero-order chi connectivity index (χ0) is 13.0. The lowest BCUT2D eigenvalue weighted by Crippen LogP contribution is -2.37. The van der Waals surface area contributed by atoms with Gasteiger partial charge in [0, 0.05) is 6.55 Å². The molecule has 0 radical (unpaired) electrons. The van der Waals surface area contributed by atoms with Crippen LogP contribution < -0.4 is 0 Å². The molecule has 0 heterocycles. The van der Waals surface area contributed by atoms with Crippen LogP contribution in [-0.4, -0.2) is 8.80 Å². The highest BCUT2D eigenvalue weighted by Crippen LogP contribution is 2.11. The SMILES string of the molecule is CCC=CO[Si](C)(OC=CCC)OC=CCC. The fourth-order valence-electron chi connectivity index (χ4n) is 0.887. The van der Waals surface area contributed by atoms with Crippen molar-refractivity contribution < 1.29 is 13.3 Å². The van der Waals surface area contributed by atoms with Crippen LogP contribution in [0.4, 0.5) is 0 Å². The maximum absolute atomic E-state index is 5.57. The highest BCUT2D eigenvalue weighted by atomic mass is 28.4.